The van der Waals surface area contributed by atoms with Crippen LogP contribution >= 0.6 is 0 Å². The molecule has 4 heteroatoms. The minimum absolute atomic E-state index is 0.00143. The molecule has 1 unspecified atom stereocenters. The van der Waals surface area contributed by atoms with E-state index < -0.39 is 0 Å². The first-order valence-corrected chi connectivity index (χ1v) is 7.19. The number of nitrogens with zero attached hydrogens (tertiary/aromatic N) is 1. The highest BCUT2D eigenvalue weighted by molar-refractivity contribution is 5.74. The lowest BCUT2D eigenvalue weighted by molar-refractivity contribution is 0.184. The molecule has 0 aliphatic heterocycles. The van der Waals surface area contributed by atoms with E-state index in [-0.39, 0.29) is 6.03 Å². The van der Waals surface area contributed by atoms with Gasteiger partial charge in [-0.15, -0.1) is 0 Å². The van der Waals surface area contributed by atoms with Gasteiger partial charge in [-0.05, 0) is 36.8 Å². The van der Waals surface area contributed by atoms with Gasteiger partial charge in [0.1, 0.15) is 0 Å². The van der Waals surface area contributed by atoms with Gasteiger partial charge in [-0.3, -0.25) is 0 Å². The summed E-state index contributed by atoms with van der Waals surface area (Å²) in [7, 11) is 3.56. The average Bonchev–Trinajstić information content (AvgIpc) is 3.28. The van der Waals surface area contributed by atoms with Gasteiger partial charge in [0.2, 0.25) is 0 Å². The Morgan fingerprint density at radius 1 is 1.45 bits per heavy atom. The van der Waals surface area contributed by atoms with Crippen LogP contribution in [0.3, 0.4) is 0 Å². The zero-order chi connectivity index (χ0) is 14.5. The maximum Gasteiger partial charge on any atom is 0.317 e. The molecule has 0 aromatic heterocycles. The third-order valence-electron chi connectivity index (χ3n) is 3.98. The van der Waals surface area contributed by atoms with E-state index in [0.717, 1.165) is 11.1 Å². The van der Waals surface area contributed by atoms with Crippen LogP contribution < -0.4 is 5.32 Å². The number of carbonyl (C=O) groups is 1. The number of benzene rings is 1. The third kappa shape index (κ3) is 3.97. The lowest BCUT2D eigenvalue weighted by Crippen LogP contribution is -2.43. The molecule has 1 aliphatic rings. The van der Waals surface area contributed by atoms with Gasteiger partial charge in [0.05, 0.1) is 6.61 Å². The summed E-state index contributed by atoms with van der Waals surface area (Å²) in [6.45, 7) is 3.27. The second-order valence-electron chi connectivity index (χ2n) is 5.60. The number of urea groups is 1. The van der Waals surface area contributed by atoms with Gasteiger partial charge in [0.15, 0.2) is 0 Å². The molecule has 20 heavy (non-hydrogen) atoms. The Morgan fingerprint density at radius 3 is 2.80 bits per heavy atom. The van der Waals surface area contributed by atoms with Crippen molar-refractivity contribution in [3.63, 3.8) is 0 Å². The minimum Gasteiger partial charge on any atom is -0.380 e. The Labute approximate surface area is 121 Å². The standard InChI is InChI=1S/C16H24N2O2/c1-12(15-7-8-15)18(2)16(19)17-10-13-5-4-6-14(9-13)11-20-3/h4-6,9,12,15H,7-8,10-11H2,1-3H3,(H,17,19). The molecule has 0 heterocycles. The topological polar surface area (TPSA) is 41.6 Å². The molecule has 0 saturated heterocycles. The van der Waals surface area contributed by atoms with Gasteiger partial charge in [-0.1, -0.05) is 24.3 Å². The molecule has 1 saturated carbocycles. The quantitative estimate of drug-likeness (QED) is 0.868. The molecule has 0 radical (unpaired) electrons. The summed E-state index contributed by atoms with van der Waals surface area (Å²) in [5.41, 5.74) is 2.22. The Hall–Kier alpha value is -1.55. The normalized spacial score (nSPS) is 15.8. The van der Waals surface area contributed by atoms with Crippen molar-refractivity contribution in [3.05, 3.63) is 35.4 Å². The predicted molar refractivity (Wildman–Crippen MR) is 79.3 cm³/mol. The first-order chi connectivity index (χ1) is 9.61. The second-order valence-corrected chi connectivity index (χ2v) is 5.60. The van der Waals surface area contributed by atoms with E-state index >= 15 is 0 Å². The number of carbonyl (C=O) groups excluding carboxylic acids is 1. The van der Waals surface area contributed by atoms with E-state index in [4.69, 9.17) is 4.74 Å². The maximum absolute atomic E-state index is 12.1. The highest BCUT2D eigenvalue weighted by atomic mass is 16.5. The fraction of sp³-hybridized carbons (Fsp3) is 0.562. The Morgan fingerprint density at radius 2 is 2.15 bits per heavy atom. The van der Waals surface area contributed by atoms with Crippen molar-refractivity contribution in [1.29, 1.82) is 0 Å². The first kappa shape index (κ1) is 14.9. The molecular weight excluding hydrogens is 252 g/mol. The molecule has 110 valence electrons. The van der Waals surface area contributed by atoms with Gasteiger partial charge in [-0.25, -0.2) is 4.79 Å². The second kappa shape index (κ2) is 6.75. The molecule has 1 N–H and O–H groups in total. The van der Waals surface area contributed by atoms with Gasteiger partial charge in [0.25, 0.3) is 0 Å². The first-order valence-electron chi connectivity index (χ1n) is 7.19. The number of methoxy groups -OCH3 is 1. The SMILES string of the molecule is COCc1cccc(CNC(=O)N(C)C(C)C2CC2)c1. The number of nitrogens with one attached hydrogen (secondary N) is 1. The van der Waals surface area contributed by atoms with Crippen molar-refractivity contribution >= 4 is 6.03 Å². The summed E-state index contributed by atoms with van der Waals surface area (Å²) in [5, 5.41) is 2.98. The lowest BCUT2D eigenvalue weighted by atomic mass is 10.1. The zero-order valence-corrected chi connectivity index (χ0v) is 12.6. The van der Waals surface area contributed by atoms with E-state index in [1.807, 2.05) is 30.1 Å². The van der Waals surface area contributed by atoms with Crippen LogP contribution in [0.1, 0.15) is 30.9 Å². The Kier molecular flexibility index (Phi) is 5.01. The summed E-state index contributed by atoms with van der Waals surface area (Å²) in [4.78, 5) is 13.9. The molecular formula is C16H24N2O2. The molecule has 4 nitrogen and oxygen atoms in total. The fourth-order valence-corrected chi connectivity index (χ4v) is 2.38. The van der Waals surface area contributed by atoms with Crippen LogP contribution in [0.2, 0.25) is 0 Å². The summed E-state index contributed by atoms with van der Waals surface area (Å²) in [6, 6.07) is 8.43. The van der Waals surface area contributed by atoms with Gasteiger partial charge in [0, 0.05) is 26.7 Å². The molecule has 2 rings (SSSR count). The zero-order valence-electron chi connectivity index (χ0n) is 12.6. The molecule has 0 bridgehead atoms. The molecule has 0 spiro atoms. The third-order valence-corrected chi connectivity index (χ3v) is 3.98. The van der Waals surface area contributed by atoms with Gasteiger partial charge in [-0.2, -0.15) is 0 Å². The van der Waals surface area contributed by atoms with Crippen molar-refractivity contribution < 1.29 is 9.53 Å². The van der Waals surface area contributed by atoms with E-state index in [2.05, 4.69) is 18.3 Å². The van der Waals surface area contributed by atoms with Crippen molar-refractivity contribution in [2.75, 3.05) is 14.2 Å². The number of ether oxygens (including phenoxy) is 1. The van der Waals surface area contributed by atoms with Crippen LogP contribution in [0.25, 0.3) is 0 Å². The molecule has 2 amide bonds. The van der Waals surface area contributed by atoms with Crippen LogP contribution in [-0.2, 0) is 17.9 Å². The molecule has 1 aliphatic carbocycles. The van der Waals surface area contributed by atoms with E-state index in [0.29, 0.717) is 25.1 Å². The average molecular weight is 276 g/mol. The van der Waals surface area contributed by atoms with Crippen LogP contribution in [0.4, 0.5) is 4.79 Å². The van der Waals surface area contributed by atoms with E-state index in [1.54, 1.807) is 7.11 Å². The van der Waals surface area contributed by atoms with Crippen LogP contribution in [0.5, 0.6) is 0 Å². The van der Waals surface area contributed by atoms with Crippen molar-refractivity contribution in [2.24, 2.45) is 5.92 Å². The largest absolute Gasteiger partial charge is 0.380 e. The van der Waals surface area contributed by atoms with Crippen molar-refractivity contribution in [3.8, 4) is 0 Å². The molecule has 1 atom stereocenters. The van der Waals surface area contributed by atoms with Gasteiger partial charge < -0.3 is 15.0 Å². The Balaban J connectivity index is 1.84. The lowest BCUT2D eigenvalue weighted by Gasteiger charge is -2.25. The van der Waals surface area contributed by atoms with Crippen LogP contribution in [0.15, 0.2) is 24.3 Å². The highest BCUT2D eigenvalue weighted by Crippen LogP contribution is 2.34. The smallest absolute Gasteiger partial charge is 0.317 e. The summed E-state index contributed by atoms with van der Waals surface area (Å²) in [6.07, 6.45) is 2.50. The highest BCUT2D eigenvalue weighted by Gasteiger charge is 2.32. The van der Waals surface area contributed by atoms with Crippen molar-refractivity contribution in [1.82, 2.24) is 10.2 Å². The van der Waals surface area contributed by atoms with Crippen LogP contribution in [0, 0.1) is 5.92 Å². The molecule has 1 aromatic carbocycles. The van der Waals surface area contributed by atoms with E-state index in [9.17, 15) is 4.79 Å². The molecule has 1 fully saturated rings. The number of rotatable bonds is 6. The molecule has 1 aromatic rings. The number of hydrogen-bond donors (Lipinski definition) is 1. The predicted octanol–water partition coefficient (Wildman–Crippen LogP) is 2.77. The van der Waals surface area contributed by atoms with Crippen molar-refractivity contribution in [2.45, 2.75) is 39.0 Å². The summed E-state index contributed by atoms with van der Waals surface area (Å²) >= 11 is 0. The minimum atomic E-state index is 0.00143. The monoisotopic (exact) mass is 276 g/mol. The summed E-state index contributed by atoms with van der Waals surface area (Å²) in [5.74, 6) is 0.691. The van der Waals surface area contributed by atoms with E-state index in [1.165, 1.54) is 12.8 Å². The summed E-state index contributed by atoms with van der Waals surface area (Å²) < 4.78 is 5.12. The fourth-order valence-electron chi connectivity index (χ4n) is 2.38. The number of amides is 2. The Bertz CT molecular complexity index is 458. The number of hydrogen-bond acceptors (Lipinski definition) is 2. The van der Waals surface area contributed by atoms with Gasteiger partial charge >= 0.3 is 6.03 Å². The van der Waals surface area contributed by atoms with Crippen LogP contribution in [-0.4, -0.2) is 31.1 Å². The maximum atomic E-state index is 12.1.